The van der Waals surface area contributed by atoms with E-state index in [1.807, 2.05) is 29.2 Å². The standard InChI is InChI=1S/C27H33BrFN3O2/c1-23(2,3)21-30-22(34-31-21)26-9-7-24(13-26,8-10-26)17-32(19-6-4-5-18(28)11-19)20(33)12-25-14-27(29,15-25)16-25/h4-6,11H,7-10,12-17H2,1-3H3. The second-order valence-electron chi connectivity index (χ2n) is 12.9. The summed E-state index contributed by atoms with van der Waals surface area (Å²) in [7, 11) is 0. The van der Waals surface area contributed by atoms with Gasteiger partial charge in [-0.1, -0.05) is 47.9 Å². The van der Waals surface area contributed by atoms with Gasteiger partial charge in [0.15, 0.2) is 5.82 Å². The van der Waals surface area contributed by atoms with Gasteiger partial charge in [0.25, 0.3) is 0 Å². The van der Waals surface area contributed by atoms with Gasteiger partial charge < -0.3 is 9.42 Å². The summed E-state index contributed by atoms with van der Waals surface area (Å²) in [6.07, 6.45) is 7.24. The van der Waals surface area contributed by atoms with Crippen molar-refractivity contribution in [3.8, 4) is 0 Å². The lowest BCUT2D eigenvalue weighted by Crippen LogP contribution is -2.65. The van der Waals surface area contributed by atoms with Crippen LogP contribution >= 0.6 is 15.9 Å². The number of anilines is 1. The minimum absolute atomic E-state index is 0.0507. The van der Waals surface area contributed by atoms with Gasteiger partial charge in [-0.05, 0) is 80.4 Å². The molecule has 5 aliphatic carbocycles. The summed E-state index contributed by atoms with van der Waals surface area (Å²) < 4.78 is 20.9. The molecule has 4 bridgehead atoms. The fraction of sp³-hybridized carbons (Fsp3) is 0.667. The van der Waals surface area contributed by atoms with Crippen molar-refractivity contribution >= 4 is 27.5 Å². The van der Waals surface area contributed by atoms with Gasteiger partial charge in [0, 0.05) is 28.5 Å². The fourth-order valence-electron chi connectivity index (χ4n) is 7.34. The Morgan fingerprint density at radius 1 is 1.12 bits per heavy atom. The van der Waals surface area contributed by atoms with Crippen molar-refractivity contribution in [3.63, 3.8) is 0 Å². The molecule has 0 atom stereocenters. The van der Waals surface area contributed by atoms with Crippen LogP contribution in [0.3, 0.4) is 0 Å². The van der Waals surface area contributed by atoms with Gasteiger partial charge in [0.05, 0.1) is 5.41 Å². The van der Waals surface area contributed by atoms with E-state index in [2.05, 4.69) is 41.9 Å². The van der Waals surface area contributed by atoms with Gasteiger partial charge in [0.1, 0.15) is 5.67 Å². The molecule has 7 rings (SSSR count). The lowest BCUT2D eigenvalue weighted by Gasteiger charge is -2.66. The van der Waals surface area contributed by atoms with Crippen molar-refractivity contribution in [2.75, 3.05) is 11.4 Å². The number of carbonyl (C=O) groups excluding carboxylic acids is 1. The second-order valence-corrected chi connectivity index (χ2v) is 13.9. The number of fused-ring (bicyclic) bond motifs is 2. The Bertz CT molecular complexity index is 1120. The number of hydrogen-bond acceptors (Lipinski definition) is 4. The number of aromatic nitrogens is 2. The zero-order valence-corrected chi connectivity index (χ0v) is 21.9. The molecule has 0 radical (unpaired) electrons. The maximum Gasteiger partial charge on any atom is 0.232 e. The van der Waals surface area contributed by atoms with Gasteiger partial charge >= 0.3 is 0 Å². The average Bonchev–Trinajstić information content (AvgIpc) is 3.44. The molecule has 0 saturated heterocycles. The normalized spacial score (nSPS) is 35.7. The number of halogens is 2. The first-order valence-electron chi connectivity index (χ1n) is 12.5. The zero-order chi connectivity index (χ0) is 24.0. The predicted octanol–water partition coefficient (Wildman–Crippen LogP) is 6.65. The molecule has 5 saturated carbocycles. The van der Waals surface area contributed by atoms with Crippen molar-refractivity contribution in [2.45, 2.75) is 95.1 Å². The number of hydrogen-bond donors (Lipinski definition) is 0. The summed E-state index contributed by atoms with van der Waals surface area (Å²) in [6.45, 7) is 7.00. The Morgan fingerprint density at radius 3 is 2.41 bits per heavy atom. The van der Waals surface area contributed by atoms with Gasteiger partial charge in [0.2, 0.25) is 11.8 Å². The molecule has 0 aliphatic heterocycles. The lowest BCUT2D eigenvalue weighted by molar-refractivity contribution is -0.215. The summed E-state index contributed by atoms with van der Waals surface area (Å²) in [5.41, 5.74) is -0.322. The van der Waals surface area contributed by atoms with Gasteiger partial charge in [-0.2, -0.15) is 4.98 Å². The first-order chi connectivity index (χ1) is 15.9. The van der Waals surface area contributed by atoms with Gasteiger partial charge in [-0.15, -0.1) is 0 Å². The lowest BCUT2D eigenvalue weighted by atomic mass is 9.41. The molecule has 182 valence electrons. The zero-order valence-electron chi connectivity index (χ0n) is 20.3. The number of nitrogens with zero attached hydrogens (tertiary/aromatic N) is 3. The van der Waals surface area contributed by atoms with Crippen LogP contribution in [0.15, 0.2) is 33.3 Å². The van der Waals surface area contributed by atoms with Crippen molar-refractivity contribution in [1.29, 1.82) is 0 Å². The molecule has 1 aromatic carbocycles. The molecular formula is C27H33BrFN3O2. The van der Waals surface area contributed by atoms with Crippen LogP contribution in [0.25, 0.3) is 0 Å². The smallest absolute Gasteiger partial charge is 0.232 e. The highest BCUT2D eigenvalue weighted by molar-refractivity contribution is 9.10. The molecule has 5 fully saturated rings. The van der Waals surface area contributed by atoms with Crippen LogP contribution in [0.5, 0.6) is 0 Å². The molecule has 5 nitrogen and oxygen atoms in total. The number of rotatable bonds is 6. The van der Waals surface area contributed by atoms with E-state index in [4.69, 9.17) is 9.51 Å². The Balaban J connectivity index is 1.24. The minimum atomic E-state index is -0.980. The van der Waals surface area contributed by atoms with E-state index in [1.54, 1.807) is 0 Å². The summed E-state index contributed by atoms with van der Waals surface area (Å²) in [4.78, 5) is 20.5. The maximum absolute atomic E-state index is 14.1. The second kappa shape index (κ2) is 7.14. The largest absolute Gasteiger partial charge is 0.339 e. The first-order valence-corrected chi connectivity index (χ1v) is 13.3. The molecule has 1 aromatic heterocycles. The van der Waals surface area contributed by atoms with Crippen LogP contribution in [0.4, 0.5) is 10.1 Å². The van der Waals surface area contributed by atoms with Gasteiger partial charge in [-0.25, -0.2) is 4.39 Å². The summed E-state index contributed by atoms with van der Waals surface area (Å²) in [6, 6.07) is 8.01. The third-order valence-electron chi connectivity index (χ3n) is 9.05. The maximum atomic E-state index is 14.1. The number of carbonyl (C=O) groups is 1. The van der Waals surface area contributed by atoms with E-state index < -0.39 is 5.67 Å². The van der Waals surface area contributed by atoms with Crippen molar-refractivity contribution in [2.24, 2.45) is 10.8 Å². The average molecular weight is 530 g/mol. The van der Waals surface area contributed by atoms with Crippen molar-refractivity contribution < 1.29 is 13.7 Å². The molecule has 1 heterocycles. The minimum Gasteiger partial charge on any atom is -0.339 e. The first kappa shape index (κ1) is 22.7. The molecule has 0 unspecified atom stereocenters. The van der Waals surface area contributed by atoms with E-state index in [-0.39, 0.29) is 27.6 Å². The molecule has 0 N–H and O–H groups in total. The monoisotopic (exact) mass is 529 g/mol. The van der Waals surface area contributed by atoms with Crippen LogP contribution in [0.1, 0.15) is 90.3 Å². The van der Waals surface area contributed by atoms with Crippen molar-refractivity contribution in [3.05, 3.63) is 40.5 Å². The Morgan fingerprint density at radius 2 is 1.82 bits per heavy atom. The number of alkyl halides is 1. The highest BCUT2D eigenvalue weighted by Crippen LogP contribution is 2.71. The third-order valence-corrected chi connectivity index (χ3v) is 9.54. The quantitative estimate of drug-likeness (QED) is 0.420. The Labute approximate surface area is 209 Å². The summed E-state index contributed by atoms with van der Waals surface area (Å²) >= 11 is 3.57. The number of amides is 1. The summed E-state index contributed by atoms with van der Waals surface area (Å²) in [5, 5.41) is 4.29. The fourth-order valence-corrected chi connectivity index (χ4v) is 7.73. The predicted molar refractivity (Wildman–Crippen MR) is 131 cm³/mol. The van der Waals surface area contributed by atoms with E-state index >= 15 is 0 Å². The molecule has 5 aliphatic rings. The van der Waals surface area contributed by atoms with E-state index in [0.717, 1.165) is 54.0 Å². The molecule has 7 heteroatoms. The summed E-state index contributed by atoms with van der Waals surface area (Å²) in [5.74, 6) is 1.67. The van der Waals surface area contributed by atoms with Gasteiger partial charge in [-0.3, -0.25) is 4.79 Å². The third kappa shape index (κ3) is 3.56. The van der Waals surface area contributed by atoms with E-state index in [1.165, 1.54) is 0 Å². The topological polar surface area (TPSA) is 59.2 Å². The van der Waals surface area contributed by atoms with E-state index in [9.17, 15) is 9.18 Å². The molecule has 2 aromatic rings. The highest BCUT2D eigenvalue weighted by atomic mass is 79.9. The molecule has 0 spiro atoms. The SMILES string of the molecule is CC(C)(C)c1noc(C23CCC(CN(C(=O)CC45CC(F)(C4)C5)c4cccc(Br)c4)(CC2)C3)n1. The highest BCUT2D eigenvalue weighted by Gasteiger charge is 2.69. The van der Waals surface area contributed by atoms with Crippen LogP contribution in [0, 0.1) is 10.8 Å². The van der Waals surface area contributed by atoms with Crippen LogP contribution in [0.2, 0.25) is 0 Å². The van der Waals surface area contributed by atoms with Crippen LogP contribution in [-0.2, 0) is 15.6 Å². The van der Waals surface area contributed by atoms with Crippen LogP contribution < -0.4 is 4.90 Å². The Hall–Kier alpha value is -1.76. The number of benzene rings is 1. The Kier molecular flexibility index (Phi) is 4.77. The molecule has 1 amide bonds. The molecular weight excluding hydrogens is 497 g/mol. The van der Waals surface area contributed by atoms with Crippen molar-refractivity contribution in [1.82, 2.24) is 10.1 Å². The molecule has 34 heavy (non-hydrogen) atoms. The van der Waals surface area contributed by atoms with Crippen LogP contribution in [-0.4, -0.2) is 28.3 Å². The van der Waals surface area contributed by atoms with E-state index in [0.29, 0.717) is 32.2 Å².